The average molecular weight is 259 g/mol. The van der Waals surface area contributed by atoms with Gasteiger partial charge in [0.1, 0.15) is 11.6 Å². The van der Waals surface area contributed by atoms with Crippen LogP contribution in [0.1, 0.15) is 4.88 Å². The van der Waals surface area contributed by atoms with Crippen LogP contribution in [0.5, 0.6) is 5.75 Å². The normalized spacial score (nSPS) is 10.4. The third-order valence-corrected chi connectivity index (χ3v) is 3.04. The van der Waals surface area contributed by atoms with Crippen molar-refractivity contribution in [2.24, 2.45) is 0 Å². The molecule has 0 fully saturated rings. The van der Waals surface area contributed by atoms with Crippen molar-refractivity contribution in [1.82, 2.24) is 4.98 Å². The second kappa shape index (κ2) is 4.67. The Kier molecular flexibility index (Phi) is 3.26. The first-order valence-corrected chi connectivity index (χ1v) is 5.67. The molecule has 0 aliphatic carbocycles. The van der Waals surface area contributed by atoms with Crippen molar-refractivity contribution in [3.05, 3.63) is 39.6 Å². The summed E-state index contributed by atoms with van der Waals surface area (Å²) in [6, 6.07) is 3.83. The Morgan fingerprint density at radius 2 is 2.31 bits per heavy atom. The Morgan fingerprint density at radius 3 is 3.00 bits per heavy atom. The van der Waals surface area contributed by atoms with Crippen LogP contribution in [0.4, 0.5) is 10.1 Å². The van der Waals surface area contributed by atoms with Crippen LogP contribution in [0.25, 0.3) is 0 Å². The molecule has 6 heteroatoms. The lowest BCUT2D eigenvalue weighted by Gasteiger charge is -2.06. The number of nitrogens with one attached hydrogen (secondary N) is 1. The van der Waals surface area contributed by atoms with Crippen LogP contribution in [-0.4, -0.2) is 10.1 Å². The number of aromatic hydroxyl groups is 1. The van der Waals surface area contributed by atoms with E-state index in [2.05, 4.69) is 10.3 Å². The smallest absolute Gasteiger partial charge is 0.183 e. The van der Waals surface area contributed by atoms with Gasteiger partial charge in [0.05, 0.1) is 12.2 Å². The second-order valence-corrected chi connectivity index (χ2v) is 4.79. The van der Waals surface area contributed by atoms with Crippen LogP contribution in [-0.2, 0) is 6.54 Å². The number of hydrogen-bond acceptors (Lipinski definition) is 4. The first-order chi connectivity index (χ1) is 7.65. The van der Waals surface area contributed by atoms with Gasteiger partial charge in [-0.05, 0) is 12.1 Å². The maximum atomic E-state index is 13.3. The van der Waals surface area contributed by atoms with Gasteiger partial charge in [-0.1, -0.05) is 11.6 Å². The van der Waals surface area contributed by atoms with E-state index in [1.165, 1.54) is 29.5 Å². The zero-order chi connectivity index (χ0) is 11.5. The minimum Gasteiger partial charge on any atom is -0.508 e. The third kappa shape index (κ3) is 2.62. The molecule has 0 radical (unpaired) electrons. The maximum absolute atomic E-state index is 13.3. The molecular weight excluding hydrogens is 251 g/mol. The molecule has 0 saturated carbocycles. The molecule has 0 saturated heterocycles. The Hall–Kier alpha value is -1.33. The van der Waals surface area contributed by atoms with Gasteiger partial charge >= 0.3 is 0 Å². The SMILES string of the molecule is Oc1ccc(F)c(NCc2cnc(Cl)s2)c1. The summed E-state index contributed by atoms with van der Waals surface area (Å²) in [5.74, 6) is -0.389. The van der Waals surface area contributed by atoms with Gasteiger partial charge in [-0.25, -0.2) is 9.37 Å². The third-order valence-electron chi connectivity index (χ3n) is 1.93. The molecule has 0 amide bonds. The lowest BCUT2D eigenvalue weighted by molar-refractivity contribution is 0.473. The fraction of sp³-hybridized carbons (Fsp3) is 0.100. The van der Waals surface area contributed by atoms with Gasteiger partial charge in [-0.2, -0.15) is 0 Å². The van der Waals surface area contributed by atoms with Crippen molar-refractivity contribution in [3.63, 3.8) is 0 Å². The van der Waals surface area contributed by atoms with Crippen molar-refractivity contribution in [2.75, 3.05) is 5.32 Å². The highest BCUT2D eigenvalue weighted by molar-refractivity contribution is 7.15. The number of phenols is 1. The Labute approximate surface area is 101 Å². The summed E-state index contributed by atoms with van der Waals surface area (Å²) in [5.41, 5.74) is 0.254. The maximum Gasteiger partial charge on any atom is 0.183 e. The molecule has 2 N–H and O–H groups in total. The highest BCUT2D eigenvalue weighted by Crippen LogP contribution is 2.23. The minimum atomic E-state index is -0.409. The number of hydrogen-bond donors (Lipinski definition) is 2. The van der Waals surface area contributed by atoms with Crippen LogP contribution >= 0.6 is 22.9 Å². The summed E-state index contributed by atoms with van der Waals surface area (Å²) >= 11 is 6.99. The van der Waals surface area contributed by atoms with E-state index in [4.69, 9.17) is 11.6 Å². The van der Waals surface area contributed by atoms with E-state index in [9.17, 15) is 9.50 Å². The van der Waals surface area contributed by atoms with Crippen molar-refractivity contribution >= 4 is 28.6 Å². The van der Waals surface area contributed by atoms with Crippen LogP contribution < -0.4 is 5.32 Å². The van der Waals surface area contributed by atoms with E-state index >= 15 is 0 Å². The van der Waals surface area contributed by atoms with Gasteiger partial charge in [-0.3, -0.25) is 0 Å². The summed E-state index contributed by atoms with van der Waals surface area (Å²) in [6.07, 6.45) is 1.63. The number of phenolic OH excluding ortho intramolecular Hbond substituents is 1. The van der Waals surface area contributed by atoms with Gasteiger partial charge in [0.2, 0.25) is 0 Å². The largest absolute Gasteiger partial charge is 0.508 e. The zero-order valence-electron chi connectivity index (χ0n) is 8.08. The summed E-state index contributed by atoms with van der Waals surface area (Å²) in [4.78, 5) is 4.77. The van der Waals surface area contributed by atoms with Gasteiger partial charge in [0.25, 0.3) is 0 Å². The standard InChI is InChI=1S/C10H8ClFN2OS/c11-10-14-5-7(16-10)4-13-9-3-6(15)1-2-8(9)12/h1-3,5,13,15H,4H2. The molecule has 0 aliphatic heterocycles. The first-order valence-electron chi connectivity index (χ1n) is 4.48. The lowest BCUT2D eigenvalue weighted by atomic mass is 10.3. The van der Waals surface area contributed by atoms with E-state index in [1.54, 1.807) is 6.20 Å². The molecule has 2 rings (SSSR count). The highest BCUT2D eigenvalue weighted by Gasteiger charge is 2.04. The number of rotatable bonds is 3. The van der Waals surface area contributed by atoms with Gasteiger partial charge in [0, 0.05) is 17.1 Å². The topological polar surface area (TPSA) is 45.1 Å². The Balaban J connectivity index is 2.07. The number of anilines is 1. The highest BCUT2D eigenvalue weighted by atomic mass is 35.5. The molecule has 0 spiro atoms. The predicted molar refractivity (Wildman–Crippen MR) is 62.5 cm³/mol. The molecule has 2 aromatic rings. The van der Waals surface area contributed by atoms with Crippen LogP contribution in [0.3, 0.4) is 0 Å². The first kappa shape index (κ1) is 11.2. The molecule has 84 valence electrons. The molecule has 0 bridgehead atoms. The molecule has 1 aromatic carbocycles. The van der Waals surface area contributed by atoms with Gasteiger partial charge < -0.3 is 10.4 Å². The molecule has 0 atom stereocenters. The van der Waals surface area contributed by atoms with E-state index < -0.39 is 5.82 Å². The van der Waals surface area contributed by atoms with Crippen LogP contribution in [0, 0.1) is 5.82 Å². The second-order valence-electron chi connectivity index (χ2n) is 3.10. The van der Waals surface area contributed by atoms with Gasteiger partial charge in [-0.15, -0.1) is 11.3 Å². The summed E-state index contributed by atoms with van der Waals surface area (Å²) < 4.78 is 13.7. The Morgan fingerprint density at radius 1 is 1.50 bits per heavy atom. The van der Waals surface area contributed by atoms with E-state index in [1.807, 2.05) is 0 Å². The van der Waals surface area contributed by atoms with E-state index in [-0.39, 0.29) is 11.4 Å². The average Bonchev–Trinajstić information content (AvgIpc) is 2.66. The number of benzene rings is 1. The van der Waals surface area contributed by atoms with Crippen molar-refractivity contribution in [2.45, 2.75) is 6.54 Å². The number of thiazole rings is 1. The number of aromatic nitrogens is 1. The summed E-state index contributed by atoms with van der Waals surface area (Å²) in [7, 11) is 0. The molecule has 1 aromatic heterocycles. The summed E-state index contributed by atoms with van der Waals surface area (Å²) in [6.45, 7) is 0.421. The van der Waals surface area contributed by atoms with Gasteiger partial charge in [0.15, 0.2) is 4.47 Å². The van der Waals surface area contributed by atoms with Crippen molar-refractivity contribution in [1.29, 1.82) is 0 Å². The number of halogens is 2. The lowest BCUT2D eigenvalue weighted by Crippen LogP contribution is -1.99. The fourth-order valence-corrected chi connectivity index (χ4v) is 2.11. The summed E-state index contributed by atoms with van der Waals surface area (Å²) in [5, 5.41) is 12.1. The van der Waals surface area contributed by atoms with Crippen LogP contribution in [0.2, 0.25) is 4.47 Å². The van der Waals surface area contributed by atoms with Crippen molar-refractivity contribution < 1.29 is 9.50 Å². The monoisotopic (exact) mass is 258 g/mol. The molecule has 3 nitrogen and oxygen atoms in total. The quantitative estimate of drug-likeness (QED) is 0.888. The van der Waals surface area contributed by atoms with Crippen LogP contribution in [0.15, 0.2) is 24.4 Å². The molecule has 16 heavy (non-hydrogen) atoms. The number of nitrogens with zero attached hydrogens (tertiary/aromatic N) is 1. The zero-order valence-corrected chi connectivity index (χ0v) is 9.65. The molecule has 1 heterocycles. The molecule has 0 aliphatic rings. The predicted octanol–water partition coefficient (Wildman–Crippen LogP) is 3.25. The molecular formula is C10H8ClFN2OS. The fourth-order valence-electron chi connectivity index (χ4n) is 1.20. The van der Waals surface area contributed by atoms with Crippen molar-refractivity contribution in [3.8, 4) is 5.75 Å². The Bertz CT molecular complexity index is 503. The van der Waals surface area contributed by atoms with E-state index in [0.29, 0.717) is 11.0 Å². The minimum absolute atomic E-state index is 0.0197. The van der Waals surface area contributed by atoms with E-state index in [0.717, 1.165) is 4.88 Å². The molecule has 0 unspecified atom stereocenters.